The van der Waals surface area contributed by atoms with Gasteiger partial charge < -0.3 is 19.1 Å². The summed E-state index contributed by atoms with van der Waals surface area (Å²) < 4.78 is 17.5. The number of aromatic nitrogens is 1. The van der Waals surface area contributed by atoms with Crippen LogP contribution in [0.5, 0.6) is 11.5 Å². The molecule has 0 aliphatic carbocycles. The molecule has 0 N–H and O–H groups in total. The number of aryl methyl sites for hydroxylation is 1. The van der Waals surface area contributed by atoms with Gasteiger partial charge in [-0.1, -0.05) is 31.5 Å². The third kappa shape index (κ3) is 6.62. The summed E-state index contributed by atoms with van der Waals surface area (Å²) in [6, 6.07) is 9.86. The van der Waals surface area contributed by atoms with Crippen LogP contribution in [-0.4, -0.2) is 66.2 Å². The van der Waals surface area contributed by atoms with Crippen LogP contribution in [0.25, 0.3) is 0 Å². The number of carbonyl (C=O) groups excluding carboxylic acids is 1. The van der Waals surface area contributed by atoms with E-state index in [1.807, 2.05) is 42.2 Å². The standard InChI is InChI=1S/C26H34ClN3O4/c1-18(2)14-30(16-20-5-6-22-23(12-20)33-9-4-8-32-22)26(31)24-17-29(7-10-34-24)15-21-11-19(3)28-25(27)13-21/h5-6,11-13,18,24H,4,7-10,14-17H2,1-3H3/t24-/m1/s1. The maximum atomic E-state index is 13.6. The van der Waals surface area contributed by atoms with Gasteiger partial charge in [0.2, 0.25) is 0 Å². The fraction of sp³-hybridized carbons (Fsp3) is 0.538. The minimum atomic E-state index is -0.494. The molecule has 1 aromatic heterocycles. The van der Waals surface area contributed by atoms with Gasteiger partial charge >= 0.3 is 0 Å². The average molecular weight is 488 g/mol. The van der Waals surface area contributed by atoms with Crippen molar-refractivity contribution >= 4 is 17.5 Å². The van der Waals surface area contributed by atoms with Crippen LogP contribution in [-0.2, 0) is 22.6 Å². The predicted molar refractivity (Wildman–Crippen MR) is 131 cm³/mol. The van der Waals surface area contributed by atoms with Crippen LogP contribution in [0.3, 0.4) is 0 Å². The fourth-order valence-electron chi connectivity index (χ4n) is 4.44. The zero-order valence-corrected chi connectivity index (χ0v) is 21.0. The van der Waals surface area contributed by atoms with E-state index in [-0.39, 0.29) is 5.91 Å². The molecule has 184 valence electrons. The lowest BCUT2D eigenvalue weighted by molar-refractivity contribution is -0.151. The van der Waals surface area contributed by atoms with Gasteiger partial charge in [-0.25, -0.2) is 4.98 Å². The number of halogens is 1. The molecule has 34 heavy (non-hydrogen) atoms. The van der Waals surface area contributed by atoms with Crippen LogP contribution in [0.1, 0.15) is 37.1 Å². The number of hydrogen-bond acceptors (Lipinski definition) is 6. The summed E-state index contributed by atoms with van der Waals surface area (Å²) in [5.74, 6) is 1.87. The highest BCUT2D eigenvalue weighted by Crippen LogP contribution is 2.31. The molecule has 4 rings (SSSR count). The molecular formula is C26H34ClN3O4. The summed E-state index contributed by atoms with van der Waals surface area (Å²) in [4.78, 5) is 22.0. The summed E-state index contributed by atoms with van der Waals surface area (Å²) in [6.07, 6.45) is 0.370. The van der Waals surface area contributed by atoms with E-state index in [2.05, 4.69) is 23.7 Å². The summed E-state index contributed by atoms with van der Waals surface area (Å²) in [6.45, 7) is 11.2. The van der Waals surface area contributed by atoms with Crippen molar-refractivity contribution in [2.45, 2.75) is 46.4 Å². The molecule has 0 saturated carbocycles. The number of ether oxygens (including phenoxy) is 3. The van der Waals surface area contributed by atoms with E-state index in [0.29, 0.717) is 57.1 Å². The van der Waals surface area contributed by atoms with E-state index < -0.39 is 6.10 Å². The highest BCUT2D eigenvalue weighted by molar-refractivity contribution is 6.29. The highest BCUT2D eigenvalue weighted by Gasteiger charge is 2.31. The van der Waals surface area contributed by atoms with E-state index in [1.54, 1.807) is 0 Å². The Labute approximate surface area is 206 Å². The smallest absolute Gasteiger partial charge is 0.253 e. The Bertz CT molecular complexity index is 980. The van der Waals surface area contributed by atoms with Gasteiger partial charge in [0.1, 0.15) is 11.3 Å². The van der Waals surface area contributed by atoms with Crippen molar-refractivity contribution in [3.05, 3.63) is 52.3 Å². The molecule has 0 unspecified atom stereocenters. The van der Waals surface area contributed by atoms with Crippen molar-refractivity contribution in [1.82, 2.24) is 14.8 Å². The van der Waals surface area contributed by atoms with Crippen molar-refractivity contribution in [2.75, 3.05) is 39.5 Å². The van der Waals surface area contributed by atoms with Crippen LogP contribution in [0.4, 0.5) is 0 Å². The molecule has 1 aromatic carbocycles. The lowest BCUT2D eigenvalue weighted by Gasteiger charge is -2.35. The first-order valence-corrected chi connectivity index (χ1v) is 12.4. The molecule has 0 bridgehead atoms. The van der Waals surface area contributed by atoms with Crippen LogP contribution in [0.2, 0.25) is 5.15 Å². The van der Waals surface area contributed by atoms with Crippen LogP contribution in [0, 0.1) is 12.8 Å². The van der Waals surface area contributed by atoms with E-state index in [9.17, 15) is 4.79 Å². The SMILES string of the molecule is Cc1cc(CN2CCO[C@@H](C(=O)N(Cc3ccc4c(c3)OCCCO4)CC(C)C)C2)cc(Cl)n1. The summed E-state index contributed by atoms with van der Waals surface area (Å²) >= 11 is 6.14. The van der Waals surface area contributed by atoms with E-state index in [0.717, 1.165) is 41.3 Å². The lowest BCUT2D eigenvalue weighted by atomic mass is 10.1. The highest BCUT2D eigenvalue weighted by atomic mass is 35.5. The summed E-state index contributed by atoms with van der Waals surface area (Å²) in [7, 11) is 0. The number of amides is 1. The first-order valence-electron chi connectivity index (χ1n) is 12.0. The molecule has 0 radical (unpaired) electrons. The molecule has 1 saturated heterocycles. The van der Waals surface area contributed by atoms with Crippen LogP contribution in [0.15, 0.2) is 30.3 Å². The van der Waals surface area contributed by atoms with Gasteiger partial charge in [-0.05, 0) is 48.2 Å². The molecular weight excluding hydrogens is 454 g/mol. The van der Waals surface area contributed by atoms with Gasteiger partial charge in [0.15, 0.2) is 11.5 Å². The predicted octanol–water partition coefficient (Wildman–Crippen LogP) is 4.09. The molecule has 1 fully saturated rings. The van der Waals surface area contributed by atoms with Gasteiger partial charge in [-0.15, -0.1) is 0 Å². The number of benzene rings is 1. The molecule has 0 spiro atoms. The lowest BCUT2D eigenvalue weighted by Crippen LogP contribution is -2.51. The topological polar surface area (TPSA) is 64.1 Å². The summed E-state index contributed by atoms with van der Waals surface area (Å²) in [5, 5.41) is 0.495. The number of nitrogens with zero attached hydrogens (tertiary/aromatic N) is 3. The quantitative estimate of drug-likeness (QED) is 0.548. The fourth-order valence-corrected chi connectivity index (χ4v) is 4.72. The van der Waals surface area contributed by atoms with E-state index in [4.69, 9.17) is 25.8 Å². The Morgan fingerprint density at radius 3 is 2.71 bits per heavy atom. The zero-order valence-electron chi connectivity index (χ0n) is 20.3. The second kappa shape index (κ2) is 11.4. The van der Waals surface area contributed by atoms with Crippen molar-refractivity contribution in [1.29, 1.82) is 0 Å². The average Bonchev–Trinajstić information content (AvgIpc) is 3.02. The van der Waals surface area contributed by atoms with Crippen molar-refractivity contribution < 1.29 is 19.0 Å². The number of hydrogen-bond donors (Lipinski definition) is 0. The normalized spacial score (nSPS) is 18.6. The molecule has 3 heterocycles. The van der Waals surface area contributed by atoms with Gasteiger partial charge in [0, 0.05) is 44.8 Å². The van der Waals surface area contributed by atoms with Gasteiger partial charge in [0.05, 0.1) is 19.8 Å². The Morgan fingerprint density at radius 1 is 1.15 bits per heavy atom. The van der Waals surface area contributed by atoms with Gasteiger partial charge in [0.25, 0.3) is 5.91 Å². The van der Waals surface area contributed by atoms with E-state index >= 15 is 0 Å². The Morgan fingerprint density at radius 2 is 1.94 bits per heavy atom. The molecule has 1 amide bonds. The Kier molecular flexibility index (Phi) is 8.29. The largest absolute Gasteiger partial charge is 0.490 e. The van der Waals surface area contributed by atoms with Crippen LogP contribution < -0.4 is 9.47 Å². The molecule has 2 aliphatic heterocycles. The third-order valence-electron chi connectivity index (χ3n) is 5.90. The van der Waals surface area contributed by atoms with E-state index in [1.165, 1.54) is 0 Å². The van der Waals surface area contributed by atoms with Gasteiger partial charge in [-0.2, -0.15) is 0 Å². The monoisotopic (exact) mass is 487 g/mol. The van der Waals surface area contributed by atoms with Gasteiger partial charge in [-0.3, -0.25) is 9.69 Å². The summed E-state index contributed by atoms with van der Waals surface area (Å²) in [5.41, 5.74) is 3.01. The third-order valence-corrected chi connectivity index (χ3v) is 6.09. The minimum absolute atomic E-state index is 0.0226. The Balaban J connectivity index is 1.44. The number of morpholine rings is 1. The molecule has 7 nitrogen and oxygen atoms in total. The molecule has 2 aliphatic rings. The first-order chi connectivity index (χ1) is 16.4. The molecule has 1 atom stereocenters. The number of rotatable bonds is 7. The minimum Gasteiger partial charge on any atom is -0.490 e. The number of carbonyl (C=O) groups is 1. The van der Waals surface area contributed by atoms with Crippen molar-refractivity contribution in [2.24, 2.45) is 5.92 Å². The van der Waals surface area contributed by atoms with Crippen molar-refractivity contribution in [3.8, 4) is 11.5 Å². The number of fused-ring (bicyclic) bond motifs is 1. The second-order valence-corrected chi connectivity index (χ2v) is 9.87. The second-order valence-electron chi connectivity index (χ2n) is 9.48. The maximum Gasteiger partial charge on any atom is 0.253 e. The zero-order chi connectivity index (χ0) is 24.1. The first kappa shape index (κ1) is 24.8. The maximum absolute atomic E-state index is 13.6. The molecule has 2 aromatic rings. The molecule has 8 heteroatoms. The van der Waals surface area contributed by atoms with Crippen LogP contribution >= 0.6 is 11.6 Å². The Hall–Kier alpha value is -2.35. The number of pyridine rings is 1. The van der Waals surface area contributed by atoms with Crippen molar-refractivity contribution in [3.63, 3.8) is 0 Å².